The van der Waals surface area contributed by atoms with E-state index in [0.29, 0.717) is 67.1 Å². The van der Waals surface area contributed by atoms with Crippen molar-refractivity contribution in [2.75, 3.05) is 57.1 Å². The summed E-state index contributed by atoms with van der Waals surface area (Å²) in [6.45, 7) is 2.38. The van der Waals surface area contributed by atoms with Crippen LogP contribution in [0.15, 0.2) is 97.2 Å². The Hall–Kier alpha value is -7.13. The molecule has 8 rings (SSSR count). The number of amides is 6. The van der Waals surface area contributed by atoms with Crippen LogP contribution in [-0.2, 0) is 19.1 Å². The molecule has 61 heavy (non-hydrogen) atoms. The van der Waals surface area contributed by atoms with Crippen LogP contribution < -0.4 is 26.2 Å². The fourth-order valence-corrected chi connectivity index (χ4v) is 8.34. The number of piperazine rings is 1. The minimum Gasteiger partial charge on any atom is -0.368 e. The van der Waals surface area contributed by atoms with Gasteiger partial charge in [-0.25, -0.2) is 0 Å². The molecule has 3 aliphatic rings. The Morgan fingerprint density at radius 1 is 0.869 bits per heavy atom. The van der Waals surface area contributed by atoms with Crippen LogP contribution in [0.5, 0.6) is 0 Å². The van der Waals surface area contributed by atoms with E-state index in [1.807, 2.05) is 77.7 Å². The largest absolute Gasteiger partial charge is 0.368 e. The van der Waals surface area contributed by atoms with Gasteiger partial charge in [0, 0.05) is 99.4 Å². The lowest BCUT2D eigenvalue weighted by atomic mass is 9.99. The van der Waals surface area contributed by atoms with Gasteiger partial charge in [-0.05, 0) is 72.5 Å². The minimum absolute atomic E-state index is 0.000626. The van der Waals surface area contributed by atoms with Crippen molar-refractivity contribution in [2.45, 2.75) is 38.0 Å². The smallest absolute Gasteiger partial charge is 0.257 e. The zero-order valence-electron chi connectivity index (χ0n) is 33.9. The zero-order chi connectivity index (χ0) is 42.6. The van der Waals surface area contributed by atoms with Crippen molar-refractivity contribution in [1.82, 2.24) is 30.7 Å². The number of benzene rings is 4. The first-order chi connectivity index (χ1) is 29.6. The van der Waals surface area contributed by atoms with Crippen molar-refractivity contribution in [3.8, 4) is 11.1 Å². The van der Waals surface area contributed by atoms with Crippen LogP contribution in [0.2, 0.25) is 0 Å². The number of nitrogens with one attached hydrogen (secondary N) is 4. The Morgan fingerprint density at radius 3 is 2.34 bits per heavy atom. The van der Waals surface area contributed by atoms with E-state index in [9.17, 15) is 28.8 Å². The lowest BCUT2D eigenvalue weighted by Gasteiger charge is -2.38. The summed E-state index contributed by atoms with van der Waals surface area (Å²) in [7, 11) is 3.08. The van der Waals surface area contributed by atoms with Crippen LogP contribution >= 0.6 is 0 Å². The van der Waals surface area contributed by atoms with Gasteiger partial charge < -0.3 is 30.5 Å². The van der Waals surface area contributed by atoms with Gasteiger partial charge in [-0.2, -0.15) is 0 Å². The summed E-state index contributed by atoms with van der Waals surface area (Å²) in [5.74, 6) is -1.68. The molecule has 0 radical (unpaired) electrons. The van der Waals surface area contributed by atoms with Crippen molar-refractivity contribution in [2.24, 2.45) is 0 Å². The summed E-state index contributed by atoms with van der Waals surface area (Å²) in [5, 5.41) is 12.1. The summed E-state index contributed by atoms with van der Waals surface area (Å²) in [4.78, 5) is 87.1. The van der Waals surface area contributed by atoms with Crippen LogP contribution in [0, 0.1) is 0 Å². The number of hydrogen-bond acceptors (Lipinski definition) is 10. The molecular weight excluding hydrogens is 777 g/mol. The third-order valence-electron chi connectivity index (χ3n) is 11.5. The fraction of sp³-hybridized carbons (Fsp3) is 0.283. The molecule has 0 spiro atoms. The molecule has 0 aliphatic carbocycles. The number of imide groups is 1. The molecule has 0 saturated carbocycles. The van der Waals surface area contributed by atoms with Gasteiger partial charge in [0.05, 0.1) is 16.8 Å². The lowest BCUT2D eigenvalue weighted by molar-refractivity contribution is -0.140. The van der Waals surface area contributed by atoms with E-state index in [1.165, 1.54) is 12.0 Å². The highest BCUT2D eigenvalue weighted by atomic mass is 16.5. The van der Waals surface area contributed by atoms with Gasteiger partial charge >= 0.3 is 0 Å². The highest BCUT2D eigenvalue weighted by Crippen LogP contribution is 2.43. The monoisotopic (exact) mass is 822 g/mol. The lowest BCUT2D eigenvalue weighted by Crippen LogP contribution is -2.53. The predicted octanol–water partition coefficient (Wildman–Crippen LogP) is 4.77. The second-order valence-electron chi connectivity index (χ2n) is 15.2. The Morgan fingerprint density at radius 2 is 1.62 bits per heavy atom. The van der Waals surface area contributed by atoms with Crippen LogP contribution in [-0.4, -0.2) is 103 Å². The van der Waals surface area contributed by atoms with Gasteiger partial charge in [0.1, 0.15) is 6.04 Å². The number of hydrogen-bond donors (Lipinski definition) is 4. The van der Waals surface area contributed by atoms with Gasteiger partial charge in [0.15, 0.2) is 6.23 Å². The molecule has 2 fully saturated rings. The summed E-state index contributed by atoms with van der Waals surface area (Å²) < 4.78 is 5.81. The van der Waals surface area contributed by atoms with Crippen molar-refractivity contribution < 1.29 is 33.5 Å². The molecule has 2 saturated heterocycles. The molecule has 2 atom stereocenters. The molecule has 15 heteroatoms. The zero-order valence-corrected chi connectivity index (χ0v) is 33.9. The van der Waals surface area contributed by atoms with E-state index in [0.717, 1.165) is 33.4 Å². The Kier molecular flexibility index (Phi) is 11.7. The number of pyridine rings is 1. The third-order valence-corrected chi connectivity index (χ3v) is 11.5. The van der Waals surface area contributed by atoms with Gasteiger partial charge in [-0.15, -0.1) is 0 Å². The summed E-state index contributed by atoms with van der Waals surface area (Å²) in [5.41, 5.74) is 6.84. The van der Waals surface area contributed by atoms with Gasteiger partial charge in [-0.3, -0.25) is 44.0 Å². The number of anilines is 3. The molecule has 5 aromatic rings. The van der Waals surface area contributed by atoms with E-state index >= 15 is 0 Å². The highest BCUT2D eigenvalue weighted by Gasteiger charge is 2.47. The maximum atomic E-state index is 13.6. The molecule has 312 valence electrons. The molecule has 1 aromatic heterocycles. The number of carbonyl (C=O) groups excluding carboxylic acids is 6. The van der Waals surface area contributed by atoms with E-state index < -0.39 is 18.2 Å². The quantitative estimate of drug-likeness (QED) is 0.101. The number of para-hydroxylation sites is 1. The van der Waals surface area contributed by atoms with Crippen LogP contribution in [0.25, 0.3) is 22.0 Å². The number of piperidine rings is 1. The number of nitrogens with zero attached hydrogens (tertiary/aromatic N) is 4. The Bertz CT molecular complexity index is 2520. The first kappa shape index (κ1) is 40.6. The molecule has 4 aromatic carbocycles. The van der Waals surface area contributed by atoms with Crippen LogP contribution in [0.4, 0.5) is 17.1 Å². The molecule has 4 heterocycles. The topological polar surface area (TPSA) is 182 Å². The number of rotatable bonds is 12. The average molecular weight is 823 g/mol. The van der Waals surface area contributed by atoms with Crippen molar-refractivity contribution in [1.29, 1.82) is 0 Å². The van der Waals surface area contributed by atoms with E-state index in [-0.39, 0.29) is 48.8 Å². The molecule has 3 aliphatic heterocycles. The number of fused-ring (bicyclic) bond motifs is 2. The Balaban J connectivity index is 0.843. The predicted molar refractivity (Wildman–Crippen MR) is 229 cm³/mol. The summed E-state index contributed by atoms with van der Waals surface area (Å²) in [6, 6.07) is 27.4. The van der Waals surface area contributed by atoms with Gasteiger partial charge in [0.2, 0.25) is 17.7 Å². The number of ether oxygens (including phenoxy) is 1. The second-order valence-corrected chi connectivity index (χ2v) is 15.2. The second kappa shape index (κ2) is 17.6. The van der Waals surface area contributed by atoms with Crippen molar-refractivity contribution >= 4 is 63.4 Å². The Labute approximate surface area is 352 Å². The third kappa shape index (κ3) is 8.24. The van der Waals surface area contributed by atoms with Crippen molar-refractivity contribution in [3.05, 3.63) is 119 Å². The number of aromatic nitrogens is 1. The standard InChI is InChI=1S/C46H46N8O7/c1-47-43(58)34-27-49-35-18-17-30(26-33(35)41(34)50-31-8-4-3-5-9-31)28-13-15-29(16-14-28)42(57)48-21-7-12-39(56)53-24-22-52(23-25-53)36-11-6-10-32-40(36)46(61-2)54(45(32)60)37-19-20-38(55)51-44(37)59/h3-6,8-11,13-18,26-27,37,46H,7,12,19-25H2,1-2H3,(H,47,58)(H,48,57)(H,49,50)(H,51,55,59). The summed E-state index contributed by atoms with van der Waals surface area (Å²) >= 11 is 0. The first-order valence-corrected chi connectivity index (χ1v) is 20.4. The minimum atomic E-state index is -0.819. The van der Waals surface area contributed by atoms with Gasteiger partial charge in [0.25, 0.3) is 17.7 Å². The average Bonchev–Trinajstić information content (AvgIpc) is 3.58. The maximum Gasteiger partial charge on any atom is 0.257 e. The molecule has 0 bridgehead atoms. The van der Waals surface area contributed by atoms with Crippen LogP contribution in [0.3, 0.4) is 0 Å². The first-order valence-electron chi connectivity index (χ1n) is 20.4. The van der Waals surface area contributed by atoms with Crippen molar-refractivity contribution in [3.63, 3.8) is 0 Å². The number of methoxy groups -OCH3 is 1. The molecule has 6 amide bonds. The number of carbonyl (C=O) groups is 6. The SMILES string of the molecule is CNC(=O)c1cnc2ccc(-c3ccc(C(=O)NCCCC(=O)N4CCN(c5cccc6c5C(OC)N(C5CCC(=O)NC5=O)C6=O)CC4)cc3)cc2c1Nc1ccccc1. The fourth-order valence-electron chi connectivity index (χ4n) is 8.34. The molecule has 4 N–H and O–H groups in total. The highest BCUT2D eigenvalue weighted by molar-refractivity contribution is 6.09. The summed E-state index contributed by atoms with van der Waals surface area (Å²) in [6.07, 6.45) is 1.90. The van der Waals surface area contributed by atoms with Gasteiger partial charge in [-0.1, -0.05) is 42.5 Å². The van der Waals surface area contributed by atoms with E-state index in [2.05, 4.69) is 31.2 Å². The van der Waals surface area contributed by atoms with Crippen LogP contribution in [0.1, 0.15) is 68.5 Å². The van der Waals surface area contributed by atoms with E-state index in [4.69, 9.17) is 4.74 Å². The maximum absolute atomic E-state index is 13.6. The molecular formula is C46H46N8O7. The van der Waals surface area contributed by atoms with E-state index in [1.54, 1.807) is 31.4 Å². The molecule has 15 nitrogen and oxygen atoms in total. The molecule has 2 unspecified atom stereocenters. The normalized spacial score (nSPS) is 17.5.